The van der Waals surface area contributed by atoms with Crippen molar-refractivity contribution in [3.05, 3.63) is 11.1 Å². The van der Waals surface area contributed by atoms with Crippen molar-refractivity contribution in [2.75, 3.05) is 19.0 Å². The normalized spacial score (nSPS) is 32.1. The lowest BCUT2D eigenvalue weighted by molar-refractivity contribution is -0.177. The van der Waals surface area contributed by atoms with E-state index < -0.39 is 23.4 Å². The fourth-order valence-corrected chi connectivity index (χ4v) is 6.66. The second-order valence-corrected chi connectivity index (χ2v) is 9.83. The topological polar surface area (TPSA) is 115 Å². The quantitative estimate of drug-likeness (QED) is 0.646. The maximum absolute atomic E-state index is 12.4. The van der Waals surface area contributed by atoms with E-state index in [4.69, 9.17) is 4.74 Å². The number of nitrogens with zero attached hydrogens (tertiary/aromatic N) is 1. The monoisotopic (exact) mass is 422 g/mol. The number of aromatic nitrogens is 1. The molecular weight excluding hydrogens is 396 g/mol. The standard InChI is InChI=1S/C20H26N2O6S/c1-27-16(24)3-14-10-29-18(21-14)22-15(23)9-28-17(25)8-19-4-12-2-13(5-19)7-20(26,6-12)11-19/h10,12-13,26H,2-9,11H2,1H3,(H,21,22,23)/t12-,13+,19?,20?. The third-order valence-corrected chi connectivity index (χ3v) is 7.19. The Bertz CT molecular complexity index is 808. The molecule has 4 atom stereocenters. The van der Waals surface area contributed by atoms with Crippen molar-refractivity contribution in [2.24, 2.45) is 17.3 Å². The lowest BCUT2D eigenvalue weighted by Gasteiger charge is -2.60. The highest BCUT2D eigenvalue weighted by Gasteiger charge is 2.57. The molecule has 158 valence electrons. The van der Waals surface area contributed by atoms with Crippen LogP contribution in [0.2, 0.25) is 0 Å². The van der Waals surface area contributed by atoms with Crippen molar-refractivity contribution >= 4 is 34.3 Å². The SMILES string of the molecule is COC(=O)Cc1csc(NC(=O)COC(=O)CC23C[C@@H]4C[C@@H](CC(O)(C4)C2)C3)n1. The molecule has 1 aromatic rings. The molecule has 0 aliphatic heterocycles. The average Bonchev–Trinajstić information content (AvgIpc) is 3.04. The summed E-state index contributed by atoms with van der Waals surface area (Å²) in [5.74, 6) is -0.267. The maximum atomic E-state index is 12.4. The number of methoxy groups -OCH3 is 1. The average molecular weight is 423 g/mol. The second-order valence-electron chi connectivity index (χ2n) is 8.97. The van der Waals surface area contributed by atoms with Crippen molar-refractivity contribution in [1.82, 2.24) is 4.98 Å². The van der Waals surface area contributed by atoms with E-state index in [1.54, 1.807) is 5.38 Å². The highest BCUT2D eigenvalue weighted by atomic mass is 32.1. The second kappa shape index (κ2) is 7.68. The highest BCUT2D eigenvalue weighted by molar-refractivity contribution is 7.13. The molecule has 2 unspecified atom stereocenters. The third-order valence-electron chi connectivity index (χ3n) is 6.39. The molecule has 4 fully saturated rings. The van der Waals surface area contributed by atoms with Crippen molar-refractivity contribution in [3.63, 3.8) is 0 Å². The summed E-state index contributed by atoms with van der Waals surface area (Å²) in [7, 11) is 1.30. The van der Waals surface area contributed by atoms with Gasteiger partial charge in [0.15, 0.2) is 11.7 Å². The molecule has 1 heterocycles. The first kappa shape index (κ1) is 20.3. The Hall–Kier alpha value is -2.00. The summed E-state index contributed by atoms with van der Waals surface area (Å²) in [4.78, 5) is 39.9. The molecule has 1 aromatic heterocycles. The molecule has 29 heavy (non-hydrogen) atoms. The maximum Gasteiger partial charge on any atom is 0.311 e. The Labute approximate surface area is 173 Å². The number of nitrogens with one attached hydrogen (secondary N) is 1. The molecule has 0 saturated heterocycles. The molecular formula is C20H26N2O6S. The van der Waals surface area contributed by atoms with E-state index in [1.807, 2.05) is 0 Å². The molecule has 4 saturated carbocycles. The lowest BCUT2D eigenvalue weighted by Crippen LogP contribution is -2.56. The molecule has 2 N–H and O–H groups in total. The molecule has 4 aliphatic rings. The smallest absolute Gasteiger partial charge is 0.311 e. The number of anilines is 1. The molecule has 4 aliphatic carbocycles. The first-order valence-electron chi connectivity index (χ1n) is 9.96. The van der Waals surface area contributed by atoms with Crippen molar-refractivity contribution < 1.29 is 29.0 Å². The number of ether oxygens (including phenoxy) is 2. The summed E-state index contributed by atoms with van der Waals surface area (Å²) >= 11 is 1.19. The number of amides is 1. The van der Waals surface area contributed by atoms with Crippen LogP contribution in [0.5, 0.6) is 0 Å². The molecule has 4 bridgehead atoms. The molecule has 0 aromatic carbocycles. The van der Waals surface area contributed by atoms with Gasteiger partial charge in [0.25, 0.3) is 5.91 Å². The van der Waals surface area contributed by atoms with Crippen molar-refractivity contribution in [3.8, 4) is 0 Å². The largest absolute Gasteiger partial charge is 0.469 e. The van der Waals surface area contributed by atoms with Gasteiger partial charge in [0.2, 0.25) is 0 Å². The van der Waals surface area contributed by atoms with Crippen LogP contribution in [-0.4, -0.2) is 47.3 Å². The van der Waals surface area contributed by atoms with Gasteiger partial charge in [-0.1, -0.05) is 0 Å². The Morgan fingerprint density at radius 3 is 2.62 bits per heavy atom. The van der Waals surface area contributed by atoms with Gasteiger partial charge in [-0.25, -0.2) is 4.98 Å². The van der Waals surface area contributed by atoms with Crippen LogP contribution in [-0.2, 0) is 30.3 Å². The van der Waals surface area contributed by atoms with E-state index >= 15 is 0 Å². The fraction of sp³-hybridized carbons (Fsp3) is 0.700. The van der Waals surface area contributed by atoms with Gasteiger partial charge in [-0.05, 0) is 55.8 Å². The number of carbonyl (C=O) groups excluding carboxylic acids is 3. The zero-order chi connectivity index (χ0) is 20.6. The van der Waals surface area contributed by atoms with E-state index in [2.05, 4.69) is 15.0 Å². The van der Waals surface area contributed by atoms with E-state index in [9.17, 15) is 19.5 Å². The van der Waals surface area contributed by atoms with Crippen LogP contribution >= 0.6 is 11.3 Å². The molecule has 8 nitrogen and oxygen atoms in total. The van der Waals surface area contributed by atoms with Crippen LogP contribution in [0.15, 0.2) is 5.38 Å². The number of hydrogen-bond acceptors (Lipinski definition) is 8. The number of carbonyl (C=O) groups is 3. The predicted octanol–water partition coefficient (Wildman–Crippen LogP) is 2.06. The van der Waals surface area contributed by atoms with Gasteiger partial charge < -0.3 is 14.6 Å². The Morgan fingerprint density at radius 2 is 1.97 bits per heavy atom. The van der Waals surface area contributed by atoms with Gasteiger partial charge in [0.05, 0.1) is 31.2 Å². The summed E-state index contributed by atoms with van der Waals surface area (Å²) < 4.78 is 9.79. The number of esters is 2. The van der Waals surface area contributed by atoms with Crippen molar-refractivity contribution in [1.29, 1.82) is 0 Å². The van der Waals surface area contributed by atoms with Crippen LogP contribution in [0, 0.1) is 17.3 Å². The lowest BCUT2D eigenvalue weighted by atomic mass is 9.47. The summed E-state index contributed by atoms with van der Waals surface area (Å²) in [6.07, 6.45) is 5.77. The zero-order valence-electron chi connectivity index (χ0n) is 16.4. The Balaban J connectivity index is 1.25. The van der Waals surface area contributed by atoms with Gasteiger partial charge in [-0.2, -0.15) is 0 Å². The van der Waals surface area contributed by atoms with Gasteiger partial charge in [-0.15, -0.1) is 11.3 Å². The summed E-state index contributed by atoms with van der Waals surface area (Å²) in [6, 6.07) is 0. The summed E-state index contributed by atoms with van der Waals surface area (Å²) in [5, 5.41) is 15.4. The van der Waals surface area contributed by atoms with Crippen LogP contribution < -0.4 is 5.32 Å². The minimum absolute atomic E-state index is 0.0360. The molecule has 9 heteroatoms. The van der Waals surface area contributed by atoms with E-state index in [0.29, 0.717) is 29.1 Å². The minimum atomic E-state index is -0.617. The predicted molar refractivity (Wildman–Crippen MR) is 104 cm³/mol. The van der Waals surface area contributed by atoms with Crippen LogP contribution in [0.4, 0.5) is 5.13 Å². The van der Waals surface area contributed by atoms with Gasteiger partial charge >= 0.3 is 11.9 Å². The first-order chi connectivity index (χ1) is 13.8. The first-order valence-corrected chi connectivity index (χ1v) is 10.8. The Morgan fingerprint density at radius 1 is 1.24 bits per heavy atom. The molecule has 0 radical (unpaired) electrons. The highest BCUT2D eigenvalue weighted by Crippen LogP contribution is 2.62. The fourth-order valence-electron chi connectivity index (χ4n) is 5.93. The molecule has 1 amide bonds. The number of aliphatic hydroxyl groups is 1. The van der Waals surface area contributed by atoms with Gasteiger partial charge in [-0.3, -0.25) is 19.7 Å². The van der Waals surface area contributed by atoms with Crippen LogP contribution in [0.25, 0.3) is 0 Å². The molecule has 0 spiro atoms. The van der Waals surface area contributed by atoms with Gasteiger partial charge in [0, 0.05) is 5.38 Å². The number of hydrogen-bond donors (Lipinski definition) is 2. The van der Waals surface area contributed by atoms with Crippen molar-refractivity contribution in [2.45, 2.75) is 57.0 Å². The van der Waals surface area contributed by atoms with E-state index in [-0.39, 0.29) is 24.9 Å². The third kappa shape index (κ3) is 4.61. The van der Waals surface area contributed by atoms with Crippen LogP contribution in [0.1, 0.15) is 50.6 Å². The Kier molecular flexibility index (Phi) is 5.37. The summed E-state index contributed by atoms with van der Waals surface area (Å²) in [5.41, 5.74) is -0.284. The number of thiazole rings is 1. The minimum Gasteiger partial charge on any atom is -0.469 e. The van der Waals surface area contributed by atoms with Crippen LogP contribution in [0.3, 0.4) is 0 Å². The van der Waals surface area contributed by atoms with E-state index in [1.165, 1.54) is 18.4 Å². The zero-order valence-corrected chi connectivity index (χ0v) is 17.3. The van der Waals surface area contributed by atoms with E-state index in [0.717, 1.165) is 32.1 Å². The molecule has 5 rings (SSSR count). The summed E-state index contributed by atoms with van der Waals surface area (Å²) in [6.45, 7) is -0.377. The number of rotatable bonds is 7. The van der Waals surface area contributed by atoms with Gasteiger partial charge in [0.1, 0.15) is 0 Å².